The summed E-state index contributed by atoms with van der Waals surface area (Å²) >= 11 is 0. The molecule has 0 aliphatic rings. The van der Waals surface area contributed by atoms with Crippen LogP contribution in [0.2, 0.25) is 0 Å². The van der Waals surface area contributed by atoms with Gasteiger partial charge < -0.3 is 8.98 Å². The molecule has 0 bridgehead atoms. The van der Waals surface area contributed by atoms with Crippen LogP contribution in [0.1, 0.15) is 11.1 Å². The molecule has 3 heteroatoms. The lowest BCUT2D eigenvalue weighted by Gasteiger charge is -2.12. The first-order valence-electron chi connectivity index (χ1n) is 10.1. The van der Waals surface area contributed by atoms with E-state index in [0.29, 0.717) is 21.9 Å². The number of fused-ring (bicyclic) bond motifs is 5. The Morgan fingerprint density at radius 2 is 1.23 bits per heavy atom. The SMILES string of the molecule is Cc1cccc2c3cccc(C)c3n(-c3ccc4c(=O)c5ccccc5oc4c3)c12. The summed E-state index contributed by atoms with van der Waals surface area (Å²) in [5, 5.41) is 3.68. The Hall–Kier alpha value is -3.85. The normalized spacial score (nSPS) is 11.8. The molecule has 2 heterocycles. The number of aromatic nitrogens is 1. The molecule has 30 heavy (non-hydrogen) atoms. The van der Waals surface area contributed by atoms with Crippen LogP contribution in [0.3, 0.4) is 0 Å². The van der Waals surface area contributed by atoms with Gasteiger partial charge >= 0.3 is 0 Å². The van der Waals surface area contributed by atoms with E-state index in [1.54, 1.807) is 0 Å². The molecule has 2 aromatic heterocycles. The van der Waals surface area contributed by atoms with Crippen LogP contribution in [-0.2, 0) is 0 Å². The highest BCUT2D eigenvalue weighted by molar-refractivity contribution is 6.11. The first kappa shape index (κ1) is 17.0. The zero-order chi connectivity index (χ0) is 20.4. The van der Waals surface area contributed by atoms with Crippen molar-refractivity contribution in [3.05, 3.63) is 100 Å². The maximum Gasteiger partial charge on any atom is 0.200 e. The van der Waals surface area contributed by atoms with Crippen LogP contribution in [0.25, 0.3) is 49.4 Å². The van der Waals surface area contributed by atoms with E-state index < -0.39 is 0 Å². The van der Waals surface area contributed by atoms with Gasteiger partial charge in [-0.15, -0.1) is 0 Å². The van der Waals surface area contributed by atoms with Crippen LogP contribution in [0.4, 0.5) is 0 Å². The van der Waals surface area contributed by atoms with Crippen LogP contribution in [0.5, 0.6) is 0 Å². The highest BCUT2D eigenvalue weighted by Gasteiger charge is 2.16. The van der Waals surface area contributed by atoms with Gasteiger partial charge in [-0.2, -0.15) is 0 Å². The van der Waals surface area contributed by atoms with Crippen molar-refractivity contribution in [3.8, 4) is 5.69 Å². The van der Waals surface area contributed by atoms with Crippen LogP contribution < -0.4 is 5.43 Å². The molecule has 0 saturated heterocycles. The van der Waals surface area contributed by atoms with Gasteiger partial charge in [0, 0.05) is 22.5 Å². The number of para-hydroxylation sites is 3. The highest BCUT2D eigenvalue weighted by atomic mass is 16.3. The minimum Gasteiger partial charge on any atom is -0.456 e. The minimum atomic E-state index is 0.00739. The summed E-state index contributed by atoms with van der Waals surface area (Å²) in [5.41, 5.74) is 7.01. The summed E-state index contributed by atoms with van der Waals surface area (Å²) < 4.78 is 8.43. The summed E-state index contributed by atoms with van der Waals surface area (Å²) in [7, 11) is 0. The molecule has 6 rings (SSSR count). The Balaban J connectivity index is 1.77. The monoisotopic (exact) mass is 389 g/mol. The van der Waals surface area contributed by atoms with Crippen molar-refractivity contribution in [3.63, 3.8) is 0 Å². The zero-order valence-corrected chi connectivity index (χ0v) is 16.8. The molecule has 0 atom stereocenters. The van der Waals surface area contributed by atoms with Crippen LogP contribution in [0.15, 0.2) is 88.1 Å². The topological polar surface area (TPSA) is 35.1 Å². The maximum absolute atomic E-state index is 13.0. The Morgan fingerprint density at radius 3 is 1.93 bits per heavy atom. The third-order valence-electron chi connectivity index (χ3n) is 6.03. The summed E-state index contributed by atoms with van der Waals surface area (Å²) in [4.78, 5) is 13.0. The Kier molecular flexibility index (Phi) is 3.45. The van der Waals surface area contributed by atoms with Gasteiger partial charge in [0.25, 0.3) is 0 Å². The fourth-order valence-corrected chi connectivity index (χ4v) is 4.65. The number of aryl methyl sites for hydroxylation is 2. The van der Waals surface area contributed by atoms with E-state index in [0.717, 1.165) is 5.69 Å². The second-order valence-electron chi connectivity index (χ2n) is 7.89. The van der Waals surface area contributed by atoms with Gasteiger partial charge in [-0.3, -0.25) is 4.79 Å². The molecule has 0 saturated carbocycles. The van der Waals surface area contributed by atoms with Crippen LogP contribution in [-0.4, -0.2) is 4.57 Å². The summed E-state index contributed by atoms with van der Waals surface area (Å²) in [6.07, 6.45) is 0. The van der Waals surface area contributed by atoms with Crippen LogP contribution in [0, 0.1) is 13.8 Å². The third-order valence-corrected chi connectivity index (χ3v) is 6.03. The molecule has 0 N–H and O–H groups in total. The molecule has 0 amide bonds. The van der Waals surface area contributed by atoms with Gasteiger partial charge in [0.15, 0.2) is 0 Å². The van der Waals surface area contributed by atoms with Crippen molar-refractivity contribution in [2.75, 3.05) is 0 Å². The number of hydrogen-bond donors (Lipinski definition) is 0. The van der Waals surface area contributed by atoms with E-state index in [1.165, 1.54) is 32.9 Å². The van der Waals surface area contributed by atoms with Crippen molar-refractivity contribution >= 4 is 43.7 Å². The lowest BCUT2D eigenvalue weighted by Crippen LogP contribution is -2.03. The largest absolute Gasteiger partial charge is 0.456 e. The summed E-state index contributed by atoms with van der Waals surface area (Å²) in [6.45, 7) is 4.28. The summed E-state index contributed by atoms with van der Waals surface area (Å²) in [6, 6.07) is 26.2. The van der Waals surface area contributed by atoms with Gasteiger partial charge in [0.05, 0.1) is 21.8 Å². The lowest BCUT2D eigenvalue weighted by molar-refractivity contribution is 0.659. The Bertz CT molecular complexity index is 1630. The van der Waals surface area contributed by atoms with Gasteiger partial charge in [-0.1, -0.05) is 48.5 Å². The average molecular weight is 389 g/mol. The summed E-state index contributed by atoms with van der Waals surface area (Å²) in [5.74, 6) is 0. The van der Waals surface area contributed by atoms with E-state index in [2.05, 4.69) is 54.8 Å². The van der Waals surface area contributed by atoms with Gasteiger partial charge in [-0.05, 0) is 49.2 Å². The molecule has 144 valence electrons. The predicted octanol–water partition coefficient (Wildman–Crippen LogP) is 6.66. The quantitative estimate of drug-likeness (QED) is 0.295. The molecular weight excluding hydrogens is 370 g/mol. The molecule has 0 unspecified atom stereocenters. The van der Waals surface area contributed by atoms with E-state index in [9.17, 15) is 4.79 Å². The molecule has 3 nitrogen and oxygen atoms in total. The van der Waals surface area contributed by atoms with Crippen molar-refractivity contribution in [1.29, 1.82) is 0 Å². The van der Waals surface area contributed by atoms with Crippen molar-refractivity contribution < 1.29 is 4.42 Å². The van der Waals surface area contributed by atoms with E-state index >= 15 is 0 Å². The number of benzene rings is 4. The number of hydrogen-bond acceptors (Lipinski definition) is 2. The molecule has 0 radical (unpaired) electrons. The second-order valence-corrected chi connectivity index (χ2v) is 7.89. The zero-order valence-electron chi connectivity index (χ0n) is 16.8. The molecule has 0 spiro atoms. The van der Waals surface area contributed by atoms with E-state index in [1.807, 2.05) is 42.5 Å². The van der Waals surface area contributed by atoms with Crippen molar-refractivity contribution in [2.45, 2.75) is 13.8 Å². The fraction of sp³-hybridized carbons (Fsp3) is 0.0741. The fourth-order valence-electron chi connectivity index (χ4n) is 4.65. The van der Waals surface area contributed by atoms with Crippen molar-refractivity contribution in [1.82, 2.24) is 4.57 Å². The maximum atomic E-state index is 13.0. The number of nitrogens with zero attached hydrogens (tertiary/aromatic N) is 1. The van der Waals surface area contributed by atoms with Crippen LogP contribution >= 0.6 is 0 Å². The average Bonchev–Trinajstić information content (AvgIpc) is 3.11. The second kappa shape index (κ2) is 6.07. The molecular formula is C27H19NO2. The van der Waals surface area contributed by atoms with Gasteiger partial charge in [-0.25, -0.2) is 0 Å². The van der Waals surface area contributed by atoms with Crippen molar-refractivity contribution in [2.24, 2.45) is 0 Å². The van der Waals surface area contributed by atoms with Gasteiger partial charge in [0.1, 0.15) is 11.2 Å². The van der Waals surface area contributed by atoms with E-state index in [4.69, 9.17) is 4.42 Å². The standard InChI is InChI=1S/C27H19NO2/c1-16-7-5-10-19-20-11-6-8-17(2)26(20)28(25(16)19)18-13-14-22-24(15-18)30-23-12-4-3-9-21(23)27(22)29/h3-15H,1-2H3. The molecule has 4 aromatic carbocycles. The molecule has 0 aliphatic heterocycles. The highest BCUT2D eigenvalue weighted by Crippen LogP contribution is 2.36. The Morgan fingerprint density at radius 1 is 0.633 bits per heavy atom. The first-order chi connectivity index (χ1) is 14.6. The lowest BCUT2D eigenvalue weighted by atomic mass is 10.1. The minimum absolute atomic E-state index is 0.00739. The molecule has 0 aliphatic carbocycles. The first-order valence-corrected chi connectivity index (χ1v) is 10.1. The van der Waals surface area contributed by atoms with Gasteiger partial charge in [0.2, 0.25) is 5.43 Å². The molecule has 6 aromatic rings. The third kappa shape index (κ3) is 2.23. The Labute approximate surface area is 172 Å². The smallest absolute Gasteiger partial charge is 0.200 e. The van der Waals surface area contributed by atoms with E-state index in [-0.39, 0.29) is 5.43 Å². The molecule has 0 fully saturated rings. The number of rotatable bonds is 1. The predicted molar refractivity (Wildman–Crippen MR) is 124 cm³/mol.